The molecule has 0 bridgehead atoms. The molecular formula is C7H9NOS2. The Kier molecular flexibility index (Phi) is 2.33. The number of rotatable bonds is 2. The summed E-state index contributed by atoms with van der Waals surface area (Å²) in [5.41, 5.74) is 0. The van der Waals surface area contributed by atoms with Crippen molar-refractivity contribution >= 4 is 20.5 Å². The van der Waals surface area contributed by atoms with E-state index in [9.17, 15) is 0 Å². The van der Waals surface area contributed by atoms with Crippen LogP contribution in [0.1, 0.15) is 5.76 Å². The molecular weight excluding hydrogens is 178 g/mol. The molecule has 4 heteroatoms. The highest BCUT2D eigenvalue weighted by molar-refractivity contribution is 8.70. The normalized spacial score (nSPS) is 23.5. The molecule has 11 heavy (non-hydrogen) atoms. The molecule has 1 aromatic rings. The lowest BCUT2D eigenvalue weighted by Gasteiger charge is -1.95. The van der Waals surface area contributed by atoms with Crippen molar-refractivity contribution in [3.63, 3.8) is 0 Å². The van der Waals surface area contributed by atoms with Crippen molar-refractivity contribution in [1.82, 2.24) is 0 Å². The molecule has 1 unspecified atom stereocenters. The average molecular weight is 187 g/mol. The maximum Gasteiger partial charge on any atom is 0.115 e. The number of hydrogen-bond acceptors (Lipinski definition) is 3. The first-order valence-electron chi connectivity index (χ1n) is 3.49. The lowest BCUT2D eigenvalue weighted by Crippen LogP contribution is -1.83. The van der Waals surface area contributed by atoms with Gasteiger partial charge < -0.3 is 4.42 Å². The first-order valence-corrected chi connectivity index (χ1v) is 6.34. The number of hydrogen-bond donors (Lipinski definition) is 0. The van der Waals surface area contributed by atoms with E-state index in [0.29, 0.717) is 0 Å². The van der Waals surface area contributed by atoms with Crippen LogP contribution in [0.25, 0.3) is 0 Å². The minimum Gasteiger partial charge on any atom is -0.468 e. The van der Waals surface area contributed by atoms with E-state index >= 15 is 0 Å². The quantitative estimate of drug-likeness (QED) is 0.663. The van der Waals surface area contributed by atoms with Gasteiger partial charge >= 0.3 is 0 Å². The smallest absolute Gasteiger partial charge is 0.115 e. The molecule has 0 aliphatic carbocycles. The first-order chi connectivity index (χ1) is 5.45. The van der Waals surface area contributed by atoms with Gasteiger partial charge in [-0.25, -0.2) is 0 Å². The fourth-order valence-corrected chi connectivity index (χ4v) is 4.19. The van der Waals surface area contributed by atoms with Gasteiger partial charge in [-0.3, -0.25) is 4.36 Å². The van der Waals surface area contributed by atoms with Gasteiger partial charge in [0.05, 0.1) is 18.6 Å². The monoisotopic (exact) mass is 187 g/mol. The SMILES string of the molecule is c1coc(CS2=NCCS2)c1. The number of nitrogens with zero attached hydrogens (tertiary/aromatic N) is 1. The Hall–Kier alpha value is -0.220. The Labute approximate surface area is 71.9 Å². The predicted octanol–water partition coefficient (Wildman–Crippen LogP) is 2.24. The fraction of sp³-hybridized carbons (Fsp3) is 0.429. The van der Waals surface area contributed by atoms with E-state index in [0.717, 1.165) is 18.1 Å². The Morgan fingerprint density at radius 1 is 1.73 bits per heavy atom. The van der Waals surface area contributed by atoms with Gasteiger partial charge in [0.15, 0.2) is 0 Å². The standard InChI is InChI=1S/C7H9NOS2/c1-2-7(9-4-1)6-11-8-3-5-10-11/h1-2,4H,3,5-6H2. The van der Waals surface area contributed by atoms with E-state index in [1.54, 1.807) is 6.26 Å². The highest BCUT2D eigenvalue weighted by Crippen LogP contribution is 2.21. The minimum absolute atomic E-state index is 0.191. The second-order valence-corrected chi connectivity index (χ2v) is 5.92. The van der Waals surface area contributed by atoms with Crippen LogP contribution in [0.2, 0.25) is 0 Å². The van der Waals surface area contributed by atoms with E-state index < -0.39 is 0 Å². The van der Waals surface area contributed by atoms with E-state index in [1.165, 1.54) is 5.75 Å². The van der Waals surface area contributed by atoms with Crippen LogP contribution in [0.5, 0.6) is 0 Å². The molecule has 2 rings (SSSR count). The molecule has 1 aliphatic heterocycles. The van der Waals surface area contributed by atoms with Crippen molar-refractivity contribution < 1.29 is 4.42 Å². The van der Waals surface area contributed by atoms with Gasteiger partial charge in [0.2, 0.25) is 0 Å². The van der Waals surface area contributed by atoms with Crippen molar-refractivity contribution in [3.8, 4) is 0 Å². The molecule has 2 nitrogen and oxygen atoms in total. The van der Waals surface area contributed by atoms with Crippen LogP contribution < -0.4 is 0 Å². The second-order valence-electron chi connectivity index (χ2n) is 2.22. The summed E-state index contributed by atoms with van der Waals surface area (Å²) >= 11 is 0. The highest BCUT2D eigenvalue weighted by Gasteiger charge is 2.07. The van der Waals surface area contributed by atoms with E-state index in [-0.39, 0.29) is 9.72 Å². The third kappa shape index (κ3) is 1.87. The van der Waals surface area contributed by atoms with Gasteiger partial charge in [-0.15, -0.1) is 0 Å². The van der Waals surface area contributed by atoms with Crippen molar-refractivity contribution in [2.45, 2.75) is 5.75 Å². The summed E-state index contributed by atoms with van der Waals surface area (Å²) in [5, 5.41) is 0. The summed E-state index contributed by atoms with van der Waals surface area (Å²) in [7, 11) is 2.13. The van der Waals surface area contributed by atoms with Crippen LogP contribution in [0.4, 0.5) is 0 Å². The van der Waals surface area contributed by atoms with Crippen LogP contribution in [0.3, 0.4) is 0 Å². The molecule has 0 radical (unpaired) electrons. The summed E-state index contributed by atoms with van der Waals surface area (Å²) in [6.07, 6.45) is 1.72. The molecule has 0 spiro atoms. The maximum atomic E-state index is 5.23. The second kappa shape index (κ2) is 3.45. The van der Waals surface area contributed by atoms with Crippen LogP contribution in [0.15, 0.2) is 27.2 Å². The van der Waals surface area contributed by atoms with Gasteiger partial charge in [0.1, 0.15) is 5.76 Å². The van der Waals surface area contributed by atoms with Crippen LogP contribution in [0, 0.1) is 0 Å². The third-order valence-electron chi connectivity index (χ3n) is 1.39. The zero-order chi connectivity index (χ0) is 7.52. The molecule has 0 N–H and O–H groups in total. The molecule has 60 valence electrons. The van der Waals surface area contributed by atoms with E-state index in [1.807, 2.05) is 22.9 Å². The number of furan rings is 1. The van der Waals surface area contributed by atoms with E-state index in [4.69, 9.17) is 4.42 Å². The fourth-order valence-electron chi connectivity index (χ4n) is 0.914. The zero-order valence-electron chi connectivity index (χ0n) is 6.03. The van der Waals surface area contributed by atoms with E-state index in [2.05, 4.69) is 4.36 Å². The molecule has 2 heterocycles. The summed E-state index contributed by atoms with van der Waals surface area (Å²) in [6, 6.07) is 3.95. The molecule has 1 aliphatic rings. The minimum atomic E-state index is 0.191. The molecule has 0 fully saturated rings. The Bertz CT molecular complexity index is 255. The van der Waals surface area contributed by atoms with Crippen LogP contribution in [-0.2, 0) is 15.5 Å². The lowest BCUT2D eigenvalue weighted by atomic mass is 10.5. The summed E-state index contributed by atoms with van der Waals surface area (Å²) in [4.78, 5) is 0. The Morgan fingerprint density at radius 3 is 3.36 bits per heavy atom. The van der Waals surface area contributed by atoms with Crippen LogP contribution >= 0.6 is 10.8 Å². The molecule has 1 atom stereocenters. The van der Waals surface area contributed by atoms with Crippen molar-refractivity contribution in [1.29, 1.82) is 0 Å². The molecule has 1 aromatic heterocycles. The van der Waals surface area contributed by atoms with Gasteiger partial charge in [-0.2, -0.15) is 0 Å². The van der Waals surface area contributed by atoms with Gasteiger partial charge in [0, 0.05) is 5.75 Å². The predicted molar refractivity (Wildman–Crippen MR) is 49.5 cm³/mol. The molecule has 0 saturated carbocycles. The lowest BCUT2D eigenvalue weighted by molar-refractivity contribution is 0.530. The van der Waals surface area contributed by atoms with Crippen molar-refractivity contribution in [3.05, 3.63) is 24.2 Å². The molecule has 0 saturated heterocycles. The average Bonchev–Trinajstić information content (AvgIpc) is 2.60. The Balaban J connectivity index is 2.00. The zero-order valence-corrected chi connectivity index (χ0v) is 7.66. The van der Waals surface area contributed by atoms with Crippen molar-refractivity contribution in [2.75, 3.05) is 12.3 Å². The summed E-state index contributed by atoms with van der Waals surface area (Å²) < 4.78 is 9.67. The Morgan fingerprint density at radius 2 is 2.73 bits per heavy atom. The maximum absolute atomic E-state index is 5.23. The topological polar surface area (TPSA) is 25.5 Å². The van der Waals surface area contributed by atoms with Crippen molar-refractivity contribution in [2.24, 2.45) is 4.36 Å². The molecule has 0 aromatic carbocycles. The third-order valence-corrected chi connectivity index (χ3v) is 5.00. The largest absolute Gasteiger partial charge is 0.468 e. The van der Waals surface area contributed by atoms with Gasteiger partial charge in [-0.05, 0) is 21.9 Å². The van der Waals surface area contributed by atoms with Gasteiger partial charge in [0.25, 0.3) is 0 Å². The summed E-state index contributed by atoms with van der Waals surface area (Å²) in [5.74, 6) is 3.23. The molecule has 0 amide bonds. The summed E-state index contributed by atoms with van der Waals surface area (Å²) in [6.45, 7) is 1.02. The highest BCUT2D eigenvalue weighted by atomic mass is 33.1. The van der Waals surface area contributed by atoms with Gasteiger partial charge in [-0.1, -0.05) is 10.8 Å². The first kappa shape index (κ1) is 7.43. The van der Waals surface area contributed by atoms with Crippen LogP contribution in [-0.4, -0.2) is 12.3 Å².